The number of nitrogens with zero attached hydrogens (tertiary/aromatic N) is 1. The monoisotopic (exact) mass is 371 g/mol. The Morgan fingerprint density at radius 3 is 2.33 bits per heavy atom. The molecule has 0 saturated heterocycles. The first-order valence-electron chi connectivity index (χ1n) is 9.33. The summed E-state index contributed by atoms with van der Waals surface area (Å²) in [7, 11) is 0. The van der Waals surface area contributed by atoms with Crippen LogP contribution in [0.2, 0.25) is 0 Å². The first kappa shape index (κ1) is 20.7. The Balaban J connectivity index is 2.10. The van der Waals surface area contributed by atoms with Crippen molar-refractivity contribution < 1.29 is 14.3 Å². The van der Waals surface area contributed by atoms with Crippen LogP contribution in [0.4, 0.5) is 4.79 Å². The van der Waals surface area contributed by atoms with Gasteiger partial charge < -0.3 is 15.4 Å². The zero-order valence-electron chi connectivity index (χ0n) is 16.8. The van der Waals surface area contributed by atoms with Gasteiger partial charge in [0.05, 0.1) is 11.1 Å². The zero-order valence-corrected chi connectivity index (χ0v) is 16.8. The Bertz CT molecular complexity index is 808. The fourth-order valence-corrected chi connectivity index (χ4v) is 2.77. The third-order valence-electron chi connectivity index (χ3n) is 4.53. The van der Waals surface area contributed by atoms with Gasteiger partial charge in [0.1, 0.15) is 11.3 Å². The molecule has 1 aromatic carbocycles. The van der Waals surface area contributed by atoms with Crippen molar-refractivity contribution in [3.05, 3.63) is 42.1 Å². The Hall–Kier alpha value is -2.63. The van der Waals surface area contributed by atoms with E-state index in [4.69, 9.17) is 4.74 Å². The van der Waals surface area contributed by atoms with Gasteiger partial charge in [-0.15, -0.1) is 0 Å². The van der Waals surface area contributed by atoms with Crippen molar-refractivity contribution in [3.8, 4) is 0 Å². The van der Waals surface area contributed by atoms with E-state index in [0.29, 0.717) is 18.5 Å². The van der Waals surface area contributed by atoms with Gasteiger partial charge in [-0.2, -0.15) is 0 Å². The molecule has 146 valence electrons. The fourth-order valence-electron chi connectivity index (χ4n) is 2.77. The summed E-state index contributed by atoms with van der Waals surface area (Å²) in [5.41, 5.74) is -0.00189. The lowest BCUT2D eigenvalue weighted by Crippen LogP contribution is -2.55. The largest absolute Gasteiger partial charge is 0.444 e. The van der Waals surface area contributed by atoms with Crippen molar-refractivity contribution in [2.24, 2.45) is 0 Å². The number of benzene rings is 1. The normalized spacial score (nSPS) is 11.9. The highest BCUT2D eigenvalue weighted by atomic mass is 16.6. The summed E-state index contributed by atoms with van der Waals surface area (Å²) in [6.07, 6.45) is 0.837. The molecule has 1 heterocycles. The Morgan fingerprint density at radius 1 is 1.04 bits per heavy atom. The van der Waals surface area contributed by atoms with Crippen LogP contribution in [-0.2, 0) is 4.74 Å². The number of hydrogen-bond acceptors (Lipinski definition) is 4. The molecule has 0 spiro atoms. The van der Waals surface area contributed by atoms with Crippen molar-refractivity contribution in [1.29, 1.82) is 0 Å². The number of ether oxygens (including phenoxy) is 1. The molecule has 0 aliphatic carbocycles. The molecule has 0 aliphatic rings. The van der Waals surface area contributed by atoms with Crippen LogP contribution in [0.5, 0.6) is 0 Å². The molecule has 2 aromatic rings. The molecule has 0 aliphatic heterocycles. The number of carbonyl (C=O) groups is 2. The van der Waals surface area contributed by atoms with Crippen LogP contribution in [0.3, 0.4) is 0 Å². The Morgan fingerprint density at radius 2 is 1.70 bits per heavy atom. The van der Waals surface area contributed by atoms with Crippen LogP contribution in [0.1, 0.15) is 57.9 Å². The van der Waals surface area contributed by atoms with Crippen LogP contribution in [0, 0.1) is 0 Å². The van der Waals surface area contributed by atoms with Crippen molar-refractivity contribution in [3.63, 3.8) is 0 Å². The lowest BCUT2D eigenvalue weighted by atomic mass is 9.92. The van der Waals surface area contributed by atoms with Gasteiger partial charge in [-0.05, 0) is 45.7 Å². The quantitative estimate of drug-likeness (QED) is 0.803. The number of carbonyl (C=O) groups excluding carboxylic acids is 2. The topological polar surface area (TPSA) is 80.3 Å². The van der Waals surface area contributed by atoms with E-state index in [1.54, 1.807) is 6.07 Å². The summed E-state index contributed by atoms with van der Waals surface area (Å²) < 4.78 is 5.28. The summed E-state index contributed by atoms with van der Waals surface area (Å²) in [4.78, 5) is 29.2. The minimum absolute atomic E-state index is 0.254. The number of fused-ring (bicyclic) bond motifs is 1. The van der Waals surface area contributed by atoms with E-state index < -0.39 is 17.2 Å². The van der Waals surface area contributed by atoms with Crippen LogP contribution in [-0.4, -0.2) is 34.7 Å². The molecule has 2 rings (SSSR count). The van der Waals surface area contributed by atoms with E-state index in [0.717, 1.165) is 10.9 Å². The molecular formula is C21H29N3O3. The molecule has 0 saturated carbocycles. The van der Waals surface area contributed by atoms with E-state index in [9.17, 15) is 9.59 Å². The first-order chi connectivity index (χ1) is 12.7. The van der Waals surface area contributed by atoms with Crippen LogP contribution in [0.15, 0.2) is 36.4 Å². The van der Waals surface area contributed by atoms with E-state index in [2.05, 4.69) is 15.6 Å². The van der Waals surface area contributed by atoms with Crippen LogP contribution >= 0.6 is 0 Å². The highest BCUT2D eigenvalue weighted by molar-refractivity contribution is 5.95. The minimum atomic E-state index is -0.568. The molecule has 1 aromatic heterocycles. The minimum Gasteiger partial charge on any atom is -0.444 e. The molecule has 27 heavy (non-hydrogen) atoms. The smallest absolute Gasteiger partial charge is 0.407 e. The Kier molecular flexibility index (Phi) is 6.41. The number of nitrogens with one attached hydrogen (secondary N) is 2. The standard InChI is InChI=1S/C21H29N3O3/c1-6-21(7-2,14-22-19(26)27-20(3,4)5)24-18(25)17-13-12-15-10-8-9-11-16(15)23-17/h8-13H,6-7,14H2,1-5H3,(H,22,26)(H,24,25). The lowest BCUT2D eigenvalue weighted by Gasteiger charge is -2.33. The number of para-hydroxylation sites is 1. The van der Waals surface area contributed by atoms with E-state index in [1.807, 2.05) is 65.0 Å². The molecule has 0 atom stereocenters. The molecule has 0 unspecified atom stereocenters. The average molecular weight is 371 g/mol. The summed E-state index contributed by atoms with van der Waals surface area (Å²) in [6, 6.07) is 11.3. The van der Waals surface area contributed by atoms with Gasteiger partial charge in [-0.3, -0.25) is 4.79 Å². The van der Waals surface area contributed by atoms with Gasteiger partial charge in [0.25, 0.3) is 5.91 Å². The first-order valence-corrected chi connectivity index (χ1v) is 9.33. The van der Waals surface area contributed by atoms with E-state index >= 15 is 0 Å². The van der Waals surface area contributed by atoms with Gasteiger partial charge in [-0.25, -0.2) is 9.78 Å². The summed E-state index contributed by atoms with van der Waals surface area (Å²) in [5, 5.41) is 6.81. The number of rotatable bonds is 6. The maximum atomic E-state index is 12.8. The molecule has 0 fully saturated rings. The molecule has 6 heteroatoms. The van der Waals surface area contributed by atoms with Crippen molar-refractivity contribution in [2.45, 2.75) is 58.6 Å². The number of pyridine rings is 1. The highest BCUT2D eigenvalue weighted by Gasteiger charge is 2.30. The van der Waals surface area contributed by atoms with Crippen molar-refractivity contribution >= 4 is 22.9 Å². The SMILES string of the molecule is CCC(CC)(CNC(=O)OC(C)(C)C)NC(=O)c1ccc2ccccc2n1. The zero-order chi connectivity index (χ0) is 20.1. The second-order valence-corrected chi connectivity index (χ2v) is 7.69. The third kappa shape index (κ3) is 5.67. The number of hydrogen-bond donors (Lipinski definition) is 2. The Labute approximate surface area is 160 Å². The summed E-state index contributed by atoms with van der Waals surface area (Å²) >= 11 is 0. The predicted octanol–water partition coefficient (Wildman–Crippen LogP) is 4.05. The number of aromatic nitrogens is 1. The lowest BCUT2D eigenvalue weighted by molar-refractivity contribution is 0.0501. The fraction of sp³-hybridized carbons (Fsp3) is 0.476. The van der Waals surface area contributed by atoms with Gasteiger partial charge in [-0.1, -0.05) is 38.1 Å². The summed E-state index contributed by atoms with van der Waals surface area (Å²) in [6.45, 7) is 9.68. The average Bonchev–Trinajstić information content (AvgIpc) is 2.63. The van der Waals surface area contributed by atoms with Crippen LogP contribution < -0.4 is 10.6 Å². The molecular weight excluding hydrogens is 342 g/mol. The maximum absolute atomic E-state index is 12.8. The molecule has 0 bridgehead atoms. The van der Waals surface area contributed by atoms with Crippen molar-refractivity contribution in [2.75, 3.05) is 6.54 Å². The number of alkyl carbamates (subject to hydrolysis) is 1. The van der Waals surface area contributed by atoms with E-state index in [-0.39, 0.29) is 12.5 Å². The van der Waals surface area contributed by atoms with Gasteiger partial charge in [0.2, 0.25) is 0 Å². The summed E-state index contributed by atoms with van der Waals surface area (Å²) in [5.74, 6) is -0.254. The molecule has 2 amide bonds. The van der Waals surface area contributed by atoms with Gasteiger partial charge in [0.15, 0.2) is 0 Å². The van der Waals surface area contributed by atoms with E-state index in [1.165, 1.54) is 0 Å². The van der Waals surface area contributed by atoms with Crippen molar-refractivity contribution in [1.82, 2.24) is 15.6 Å². The van der Waals surface area contributed by atoms with Gasteiger partial charge >= 0.3 is 6.09 Å². The molecule has 6 nitrogen and oxygen atoms in total. The second kappa shape index (κ2) is 8.37. The number of amides is 2. The molecule has 2 N–H and O–H groups in total. The van der Waals surface area contributed by atoms with Gasteiger partial charge in [0, 0.05) is 11.9 Å². The predicted molar refractivity (Wildman–Crippen MR) is 107 cm³/mol. The second-order valence-electron chi connectivity index (χ2n) is 7.69. The highest BCUT2D eigenvalue weighted by Crippen LogP contribution is 2.17. The molecule has 0 radical (unpaired) electrons. The van der Waals surface area contributed by atoms with Crippen LogP contribution in [0.25, 0.3) is 10.9 Å². The maximum Gasteiger partial charge on any atom is 0.407 e. The third-order valence-corrected chi connectivity index (χ3v) is 4.53.